The fourth-order valence-electron chi connectivity index (χ4n) is 2.40. The Morgan fingerprint density at radius 3 is 2.38 bits per heavy atom. The third-order valence-electron chi connectivity index (χ3n) is 3.59. The number of halogens is 4. The van der Waals surface area contributed by atoms with Gasteiger partial charge in [-0.05, 0) is 70.0 Å². The van der Waals surface area contributed by atoms with Crippen LogP contribution in [0.1, 0.15) is 29.8 Å². The lowest BCUT2D eigenvalue weighted by atomic mass is 10.1. The van der Waals surface area contributed by atoms with Crippen LogP contribution in [0.4, 0.5) is 10.1 Å². The zero-order valence-electron chi connectivity index (χ0n) is 15.5. The third-order valence-corrected chi connectivity index (χ3v) is 4.99. The number of ether oxygens (including phenoxy) is 1. The molecule has 0 aliphatic heterocycles. The summed E-state index contributed by atoms with van der Waals surface area (Å²) in [4.78, 5) is 22.6. The van der Waals surface area contributed by atoms with E-state index in [0.717, 1.165) is 0 Å². The molecule has 29 heavy (non-hydrogen) atoms. The number of hydrogen-bond donors (Lipinski definition) is 3. The molecular formula is C19H18Br2ClFN2O4. The number of nitrogens with one attached hydrogen (secondary N) is 2. The molecule has 0 unspecified atom stereocenters. The van der Waals surface area contributed by atoms with Gasteiger partial charge in [-0.15, -0.1) is 0 Å². The number of rotatable bonds is 8. The van der Waals surface area contributed by atoms with Gasteiger partial charge in [-0.3, -0.25) is 9.59 Å². The Bertz CT molecular complexity index is 918. The summed E-state index contributed by atoms with van der Waals surface area (Å²) in [6.45, 7) is 3.19. The molecule has 0 heterocycles. The summed E-state index contributed by atoms with van der Waals surface area (Å²) in [6, 6.07) is 5.99. The number of carboxylic acid groups (broad SMARTS) is 1. The Balaban J connectivity index is 2.20. The molecule has 2 aromatic rings. The lowest BCUT2D eigenvalue weighted by Crippen LogP contribution is -2.29. The quantitative estimate of drug-likeness (QED) is 0.418. The van der Waals surface area contributed by atoms with Crippen molar-refractivity contribution in [2.24, 2.45) is 0 Å². The van der Waals surface area contributed by atoms with Crippen molar-refractivity contribution in [3.8, 4) is 5.75 Å². The van der Waals surface area contributed by atoms with Gasteiger partial charge in [0.1, 0.15) is 18.9 Å². The average molecular weight is 553 g/mol. The lowest BCUT2D eigenvalue weighted by Gasteiger charge is -2.16. The molecule has 0 saturated carbocycles. The Hall–Kier alpha value is -1.84. The summed E-state index contributed by atoms with van der Waals surface area (Å²) in [5, 5.41) is 14.3. The van der Waals surface area contributed by atoms with Crippen LogP contribution in [-0.2, 0) is 11.4 Å². The molecule has 6 nitrogen and oxygen atoms in total. The normalized spacial score (nSPS) is 10.7. The number of carbonyl (C=O) groups is 2. The van der Waals surface area contributed by atoms with Gasteiger partial charge in [0, 0.05) is 22.2 Å². The second kappa shape index (κ2) is 10.3. The van der Waals surface area contributed by atoms with Crippen molar-refractivity contribution >= 4 is 61.0 Å². The summed E-state index contributed by atoms with van der Waals surface area (Å²) in [7, 11) is 0. The molecule has 2 aromatic carbocycles. The number of amides is 1. The maximum absolute atomic E-state index is 14.7. The van der Waals surface area contributed by atoms with Crippen molar-refractivity contribution in [2.45, 2.75) is 26.5 Å². The summed E-state index contributed by atoms with van der Waals surface area (Å²) in [5.74, 6) is -1.80. The van der Waals surface area contributed by atoms with Crippen molar-refractivity contribution in [3.63, 3.8) is 0 Å². The van der Waals surface area contributed by atoms with Crippen LogP contribution in [-0.4, -0.2) is 29.6 Å². The van der Waals surface area contributed by atoms with E-state index in [2.05, 4.69) is 42.5 Å². The number of carboxylic acids is 1. The van der Waals surface area contributed by atoms with Gasteiger partial charge in [0.15, 0.2) is 5.82 Å². The first kappa shape index (κ1) is 23.4. The number of hydrogen-bond acceptors (Lipinski definition) is 4. The van der Waals surface area contributed by atoms with Gasteiger partial charge < -0.3 is 20.5 Å². The van der Waals surface area contributed by atoms with E-state index in [1.165, 1.54) is 24.3 Å². The highest BCUT2D eigenvalue weighted by Crippen LogP contribution is 2.36. The molecule has 0 saturated heterocycles. The molecule has 0 fully saturated rings. The maximum Gasteiger partial charge on any atom is 0.322 e. The first-order chi connectivity index (χ1) is 13.6. The molecule has 0 atom stereocenters. The van der Waals surface area contributed by atoms with Gasteiger partial charge in [0.05, 0.1) is 14.6 Å². The highest BCUT2D eigenvalue weighted by atomic mass is 79.9. The second-order valence-corrected chi connectivity index (χ2v) is 8.50. The van der Waals surface area contributed by atoms with E-state index >= 15 is 0 Å². The van der Waals surface area contributed by atoms with Gasteiger partial charge in [-0.2, -0.15) is 0 Å². The van der Waals surface area contributed by atoms with Crippen LogP contribution in [0.25, 0.3) is 0 Å². The summed E-state index contributed by atoms with van der Waals surface area (Å²) in [6.07, 6.45) is 0. The molecule has 1 amide bonds. The second-order valence-electron chi connectivity index (χ2n) is 6.36. The molecule has 2 rings (SSSR count). The van der Waals surface area contributed by atoms with Crippen LogP contribution in [0.15, 0.2) is 33.2 Å². The molecule has 0 radical (unpaired) electrons. The molecule has 0 spiro atoms. The molecule has 156 valence electrons. The van der Waals surface area contributed by atoms with E-state index in [9.17, 15) is 14.0 Å². The van der Waals surface area contributed by atoms with E-state index < -0.39 is 24.2 Å². The van der Waals surface area contributed by atoms with Crippen molar-refractivity contribution in [1.29, 1.82) is 0 Å². The van der Waals surface area contributed by atoms with Crippen LogP contribution >= 0.6 is 43.5 Å². The van der Waals surface area contributed by atoms with Gasteiger partial charge in [-0.1, -0.05) is 11.6 Å². The van der Waals surface area contributed by atoms with Crippen LogP contribution in [0.5, 0.6) is 5.75 Å². The smallest absolute Gasteiger partial charge is 0.322 e. The maximum atomic E-state index is 14.7. The van der Waals surface area contributed by atoms with Crippen LogP contribution in [0.2, 0.25) is 5.02 Å². The zero-order chi connectivity index (χ0) is 21.7. The fraction of sp³-hybridized carbons (Fsp3) is 0.263. The Kier molecular flexibility index (Phi) is 8.30. The summed E-state index contributed by atoms with van der Waals surface area (Å²) in [5.41, 5.74) is 0.784. The minimum absolute atomic E-state index is 0.0276. The Morgan fingerprint density at radius 1 is 1.21 bits per heavy atom. The van der Waals surface area contributed by atoms with E-state index in [1.54, 1.807) is 0 Å². The van der Waals surface area contributed by atoms with Crippen LogP contribution in [0, 0.1) is 5.82 Å². The Labute approximate surface area is 189 Å². The minimum atomic E-state index is -1.15. The monoisotopic (exact) mass is 550 g/mol. The van der Waals surface area contributed by atoms with Crippen molar-refractivity contribution in [3.05, 3.63) is 55.2 Å². The molecule has 10 heteroatoms. The zero-order valence-corrected chi connectivity index (χ0v) is 19.4. The fourth-order valence-corrected chi connectivity index (χ4v) is 4.06. The van der Waals surface area contributed by atoms with Crippen LogP contribution in [0.3, 0.4) is 0 Å². The first-order valence-electron chi connectivity index (χ1n) is 8.44. The van der Waals surface area contributed by atoms with Crippen molar-refractivity contribution < 1.29 is 23.8 Å². The molecular weight excluding hydrogens is 534 g/mol. The average Bonchev–Trinajstić information content (AvgIpc) is 2.61. The molecule has 3 N–H and O–H groups in total. The largest absolute Gasteiger partial charge is 0.486 e. The first-order valence-corrected chi connectivity index (χ1v) is 10.4. The SMILES string of the molecule is CC(C)Nc1cc(Cl)cc(COc2c(Br)cc(C(=O)NCC(=O)O)cc2Br)c1F. The minimum Gasteiger partial charge on any atom is -0.486 e. The van der Waals surface area contributed by atoms with E-state index in [-0.39, 0.29) is 29.5 Å². The highest BCUT2D eigenvalue weighted by molar-refractivity contribution is 9.11. The summed E-state index contributed by atoms with van der Waals surface area (Å²) >= 11 is 12.7. The molecule has 0 aliphatic carbocycles. The summed E-state index contributed by atoms with van der Waals surface area (Å²) < 4.78 is 21.3. The number of benzene rings is 2. The van der Waals surface area contributed by atoms with Crippen LogP contribution < -0.4 is 15.4 Å². The Morgan fingerprint density at radius 2 is 1.83 bits per heavy atom. The van der Waals surface area contributed by atoms with Gasteiger partial charge in [0.25, 0.3) is 5.91 Å². The molecule has 0 aromatic heterocycles. The standard InChI is InChI=1S/C19H18Br2ClFN2O4/c1-9(2)25-15-6-12(22)3-11(17(15)23)8-29-18-13(20)4-10(5-14(18)21)19(28)24-7-16(26)27/h3-6,9,25H,7-8H2,1-2H3,(H,24,28)(H,26,27). The van der Waals surface area contributed by atoms with Gasteiger partial charge in [-0.25, -0.2) is 4.39 Å². The molecule has 0 aliphatic rings. The van der Waals surface area contributed by atoms with E-state index in [0.29, 0.717) is 19.7 Å². The predicted molar refractivity (Wildman–Crippen MR) is 116 cm³/mol. The van der Waals surface area contributed by atoms with Gasteiger partial charge >= 0.3 is 5.97 Å². The van der Waals surface area contributed by atoms with E-state index in [4.69, 9.17) is 21.4 Å². The highest BCUT2D eigenvalue weighted by Gasteiger charge is 2.17. The van der Waals surface area contributed by atoms with Gasteiger partial charge in [0.2, 0.25) is 0 Å². The topological polar surface area (TPSA) is 87.7 Å². The number of carbonyl (C=O) groups excluding carboxylic acids is 1. The molecule has 0 bridgehead atoms. The lowest BCUT2D eigenvalue weighted by molar-refractivity contribution is -0.135. The number of aliphatic carboxylic acids is 1. The third kappa shape index (κ3) is 6.58. The van der Waals surface area contributed by atoms with Crippen molar-refractivity contribution in [2.75, 3.05) is 11.9 Å². The van der Waals surface area contributed by atoms with E-state index in [1.807, 2.05) is 13.8 Å². The van der Waals surface area contributed by atoms with Crippen molar-refractivity contribution in [1.82, 2.24) is 5.32 Å². The predicted octanol–water partition coefficient (Wildman–Crippen LogP) is 5.22. The number of anilines is 1.